The van der Waals surface area contributed by atoms with Crippen LogP contribution >= 0.6 is 11.6 Å². The van der Waals surface area contributed by atoms with Gasteiger partial charge in [0.05, 0.1) is 7.11 Å². The predicted octanol–water partition coefficient (Wildman–Crippen LogP) is 5.04. The molecule has 0 aliphatic rings. The summed E-state index contributed by atoms with van der Waals surface area (Å²) in [5.41, 5.74) is 4.89. The first kappa shape index (κ1) is 19.7. The van der Waals surface area contributed by atoms with Crippen LogP contribution in [0.2, 0.25) is 5.02 Å². The van der Waals surface area contributed by atoms with Crippen molar-refractivity contribution in [3.8, 4) is 17.0 Å². The molecule has 0 aliphatic carbocycles. The van der Waals surface area contributed by atoms with E-state index >= 15 is 0 Å². The number of rotatable bonds is 8. The fraction of sp³-hybridized carbons (Fsp3) is 0.182. The van der Waals surface area contributed by atoms with Gasteiger partial charge in [-0.05, 0) is 47.9 Å². The summed E-state index contributed by atoms with van der Waals surface area (Å²) in [6.45, 7) is 0.548. The summed E-state index contributed by atoms with van der Waals surface area (Å²) < 4.78 is 5.39. The third kappa shape index (κ3) is 5.24. The van der Waals surface area contributed by atoms with Crippen LogP contribution in [0.1, 0.15) is 17.5 Å². The van der Waals surface area contributed by atoms with Gasteiger partial charge in [0.25, 0.3) is 0 Å². The molecule has 144 valence electrons. The molecule has 1 heterocycles. The SMILES string of the molecule is COc1ncc(-c2ccc(Cl)cc2)cc1CNc1ccc(CCC(=O)O)cc1. The van der Waals surface area contributed by atoms with Gasteiger partial charge in [0, 0.05) is 41.0 Å². The molecule has 3 aromatic rings. The van der Waals surface area contributed by atoms with Crippen LogP contribution in [0.3, 0.4) is 0 Å². The van der Waals surface area contributed by atoms with E-state index in [9.17, 15) is 4.79 Å². The molecule has 0 unspecified atom stereocenters. The Kier molecular flexibility index (Phi) is 6.50. The number of halogens is 1. The molecule has 1 aromatic heterocycles. The number of nitrogens with one attached hydrogen (secondary N) is 1. The predicted molar refractivity (Wildman–Crippen MR) is 111 cm³/mol. The second-order valence-electron chi connectivity index (χ2n) is 6.34. The monoisotopic (exact) mass is 396 g/mol. The third-order valence-corrected chi connectivity index (χ3v) is 4.61. The lowest BCUT2D eigenvalue weighted by molar-refractivity contribution is -0.136. The maximum Gasteiger partial charge on any atom is 0.303 e. The second-order valence-corrected chi connectivity index (χ2v) is 6.78. The molecule has 0 spiro atoms. The summed E-state index contributed by atoms with van der Waals surface area (Å²) in [7, 11) is 1.60. The Bertz CT molecular complexity index is 941. The molecular formula is C22H21ClN2O3. The quantitative estimate of drug-likeness (QED) is 0.558. The van der Waals surface area contributed by atoms with Crippen molar-refractivity contribution < 1.29 is 14.6 Å². The number of aryl methyl sites for hydroxylation is 1. The Morgan fingerprint density at radius 3 is 2.46 bits per heavy atom. The number of pyridine rings is 1. The first-order chi connectivity index (χ1) is 13.5. The number of carboxylic acids is 1. The minimum Gasteiger partial charge on any atom is -0.481 e. The van der Waals surface area contributed by atoms with Crippen molar-refractivity contribution in [3.63, 3.8) is 0 Å². The van der Waals surface area contributed by atoms with Gasteiger partial charge >= 0.3 is 5.97 Å². The van der Waals surface area contributed by atoms with Gasteiger partial charge in [-0.3, -0.25) is 4.79 Å². The van der Waals surface area contributed by atoms with E-state index in [0.717, 1.165) is 27.9 Å². The lowest BCUT2D eigenvalue weighted by Gasteiger charge is -2.12. The molecule has 0 bridgehead atoms. The van der Waals surface area contributed by atoms with Crippen LogP contribution < -0.4 is 10.1 Å². The molecule has 0 amide bonds. The second kappa shape index (κ2) is 9.24. The molecule has 0 radical (unpaired) electrons. The molecule has 5 nitrogen and oxygen atoms in total. The number of hydrogen-bond donors (Lipinski definition) is 2. The van der Waals surface area contributed by atoms with Gasteiger partial charge in [0.15, 0.2) is 0 Å². The number of aliphatic carboxylic acids is 1. The molecule has 3 rings (SSSR count). The van der Waals surface area contributed by atoms with Gasteiger partial charge in [-0.25, -0.2) is 4.98 Å². The summed E-state index contributed by atoms with van der Waals surface area (Å²) in [5.74, 6) is -0.217. The Labute approximate surface area is 169 Å². The first-order valence-corrected chi connectivity index (χ1v) is 9.26. The highest BCUT2D eigenvalue weighted by atomic mass is 35.5. The van der Waals surface area contributed by atoms with E-state index in [4.69, 9.17) is 21.4 Å². The number of benzene rings is 2. The molecule has 0 atom stereocenters. The fourth-order valence-corrected chi connectivity index (χ4v) is 2.97. The first-order valence-electron chi connectivity index (χ1n) is 8.88. The van der Waals surface area contributed by atoms with Crippen LogP contribution in [0.4, 0.5) is 5.69 Å². The Hall–Kier alpha value is -3.05. The average molecular weight is 397 g/mol. The minimum absolute atomic E-state index is 0.132. The van der Waals surface area contributed by atoms with Crippen LogP contribution in [0.25, 0.3) is 11.1 Å². The van der Waals surface area contributed by atoms with Crippen molar-refractivity contribution in [2.45, 2.75) is 19.4 Å². The molecule has 2 aromatic carbocycles. The highest BCUT2D eigenvalue weighted by Gasteiger charge is 2.08. The number of carbonyl (C=O) groups is 1. The lowest BCUT2D eigenvalue weighted by Crippen LogP contribution is -2.04. The maximum atomic E-state index is 10.7. The molecular weight excluding hydrogens is 376 g/mol. The summed E-state index contributed by atoms with van der Waals surface area (Å²) >= 11 is 5.97. The van der Waals surface area contributed by atoms with Crippen LogP contribution in [-0.2, 0) is 17.8 Å². The highest BCUT2D eigenvalue weighted by Crippen LogP contribution is 2.26. The van der Waals surface area contributed by atoms with Gasteiger partial charge in [-0.2, -0.15) is 0 Å². The topological polar surface area (TPSA) is 71.5 Å². The van der Waals surface area contributed by atoms with Crippen LogP contribution in [0.5, 0.6) is 5.88 Å². The van der Waals surface area contributed by atoms with E-state index in [1.165, 1.54) is 0 Å². The van der Waals surface area contributed by atoms with Crippen molar-refractivity contribution in [2.24, 2.45) is 0 Å². The number of nitrogens with zero attached hydrogens (tertiary/aromatic N) is 1. The van der Waals surface area contributed by atoms with Crippen molar-refractivity contribution in [1.29, 1.82) is 0 Å². The zero-order chi connectivity index (χ0) is 19.9. The number of methoxy groups -OCH3 is 1. The molecule has 6 heteroatoms. The van der Waals surface area contributed by atoms with Gasteiger partial charge in [0.2, 0.25) is 5.88 Å². The van der Waals surface area contributed by atoms with E-state index in [1.54, 1.807) is 13.3 Å². The lowest BCUT2D eigenvalue weighted by atomic mass is 10.1. The molecule has 28 heavy (non-hydrogen) atoms. The van der Waals surface area contributed by atoms with Crippen molar-refractivity contribution >= 4 is 23.3 Å². The van der Waals surface area contributed by atoms with Gasteiger partial charge in [-0.1, -0.05) is 35.9 Å². The Morgan fingerprint density at radius 2 is 1.82 bits per heavy atom. The summed E-state index contributed by atoms with van der Waals surface area (Å²) in [5, 5.41) is 12.8. The van der Waals surface area contributed by atoms with E-state index in [-0.39, 0.29) is 6.42 Å². The van der Waals surface area contributed by atoms with E-state index in [2.05, 4.69) is 10.3 Å². The van der Waals surface area contributed by atoms with Crippen molar-refractivity contribution in [1.82, 2.24) is 4.98 Å². The number of aromatic nitrogens is 1. The molecule has 0 saturated carbocycles. The summed E-state index contributed by atoms with van der Waals surface area (Å²) in [6.07, 6.45) is 2.44. The normalized spacial score (nSPS) is 10.5. The smallest absolute Gasteiger partial charge is 0.303 e. The summed E-state index contributed by atoms with van der Waals surface area (Å²) in [6, 6.07) is 17.4. The minimum atomic E-state index is -0.789. The Morgan fingerprint density at radius 1 is 1.11 bits per heavy atom. The molecule has 0 saturated heterocycles. The zero-order valence-electron chi connectivity index (χ0n) is 15.5. The molecule has 0 fully saturated rings. The number of anilines is 1. The van der Waals surface area contributed by atoms with Crippen LogP contribution in [-0.4, -0.2) is 23.2 Å². The van der Waals surface area contributed by atoms with Crippen LogP contribution in [0, 0.1) is 0 Å². The standard InChI is InChI=1S/C22H21ClN2O3/c1-28-22-18(12-17(13-25-22)16-5-7-19(23)8-6-16)14-24-20-9-2-15(3-10-20)4-11-21(26)27/h2-3,5-10,12-13,24H,4,11,14H2,1H3,(H,26,27). The van der Waals surface area contributed by atoms with Crippen molar-refractivity contribution in [3.05, 3.63) is 76.9 Å². The van der Waals surface area contributed by atoms with Crippen molar-refractivity contribution in [2.75, 3.05) is 12.4 Å². The largest absolute Gasteiger partial charge is 0.481 e. The highest BCUT2D eigenvalue weighted by molar-refractivity contribution is 6.30. The van der Waals surface area contributed by atoms with Gasteiger partial charge in [-0.15, -0.1) is 0 Å². The number of hydrogen-bond acceptors (Lipinski definition) is 4. The van der Waals surface area contributed by atoms with Gasteiger partial charge < -0.3 is 15.2 Å². The van der Waals surface area contributed by atoms with E-state index in [1.807, 2.05) is 54.6 Å². The molecule has 0 aliphatic heterocycles. The van der Waals surface area contributed by atoms with Gasteiger partial charge in [0.1, 0.15) is 0 Å². The zero-order valence-corrected chi connectivity index (χ0v) is 16.2. The van der Waals surface area contributed by atoms with E-state index in [0.29, 0.717) is 23.9 Å². The maximum absolute atomic E-state index is 10.7. The Balaban J connectivity index is 1.71. The summed E-state index contributed by atoms with van der Waals surface area (Å²) in [4.78, 5) is 15.1. The number of ether oxygens (including phenoxy) is 1. The number of carboxylic acid groups (broad SMARTS) is 1. The van der Waals surface area contributed by atoms with E-state index < -0.39 is 5.97 Å². The molecule has 2 N–H and O–H groups in total. The average Bonchev–Trinajstić information content (AvgIpc) is 2.72. The fourth-order valence-electron chi connectivity index (χ4n) is 2.85. The van der Waals surface area contributed by atoms with Crippen LogP contribution in [0.15, 0.2) is 60.8 Å². The third-order valence-electron chi connectivity index (χ3n) is 4.36.